The molecule has 0 aliphatic carbocycles. The number of benzene rings is 3. The third-order valence-corrected chi connectivity index (χ3v) is 5.95. The molecule has 9 heteroatoms. The Hall–Kier alpha value is -5.05. The maximum atomic E-state index is 12.5. The summed E-state index contributed by atoms with van der Waals surface area (Å²) in [7, 11) is 3.23. The van der Waals surface area contributed by atoms with Crippen molar-refractivity contribution in [3.05, 3.63) is 79.4 Å². The zero-order valence-electron chi connectivity index (χ0n) is 21.5. The summed E-state index contributed by atoms with van der Waals surface area (Å²) in [6.07, 6.45) is 0. The molecule has 2 aromatic heterocycles. The molecule has 9 nitrogen and oxygen atoms in total. The van der Waals surface area contributed by atoms with Crippen molar-refractivity contribution in [3.63, 3.8) is 0 Å². The number of rotatable bonds is 7. The number of methoxy groups -OCH3 is 2. The van der Waals surface area contributed by atoms with E-state index in [0.29, 0.717) is 34.6 Å². The van der Waals surface area contributed by atoms with E-state index in [9.17, 15) is 4.79 Å². The van der Waals surface area contributed by atoms with Gasteiger partial charge in [-0.3, -0.25) is 4.79 Å². The van der Waals surface area contributed by atoms with Gasteiger partial charge in [-0.25, -0.2) is 14.6 Å². The van der Waals surface area contributed by atoms with Gasteiger partial charge in [0, 0.05) is 34.9 Å². The fourth-order valence-electron chi connectivity index (χ4n) is 4.01. The molecule has 0 bridgehead atoms. The number of aromatic nitrogens is 6. The predicted octanol–water partition coefficient (Wildman–Crippen LogP) is 5.71. The van der Waals surface area contributed by atoms with Gasteiger partial charge in [-0.15, -0.1) is 10.2 Å². The molecule has 3 aromatic carbocycles. The normalized spacial score (nSPS) is 10.8. The van der Waals surface area contributed by atoms with E-state index in [-0.39, 0.29) is 5.91 Å². The lowest BCUT2D eigenvalue weighted by Crippen LogP contribution is -2.09. The third-order valence-electron chi connectivity index (χ3n) is 5.95. The van der Waals surface area contributed by atoms with Crippen LogP contribution in [0.1, 0.15) is 18.6 Å². The summed E-state index contributed by atoms with van der Waals surface area (Å²) in [5, 5.41) is 9.16. The first-order valence-corrected chi connectivity index (χ1v) is 11.9. The highest BCUT2D eigenvalue weighted by atomic mass is 16.5. The molecule has 0 aliphatic rings. The standard InChI is InChI=1S/C29H26N6O3/c1-18(2)34-28(30-26(32-34)20-9-13-24(37-4)14-10-20)22-7-6-8-23(17-22)29-31-27(33-35(29)19(3)36)21-11-15-25(38-5)16-12-21/h6-17H,1H2,2-5H3. The number of allylic oxidation sites excluding steroid dienone is 1. The summed E-state index contributed by atoms with van der Waals surface area (Å²) in [5.41, 5.74) is 3.85. The average molecular weight is 507 g/mol. The highest BCUT2D eigenvalue weighted by Crippen LogP contribution is 2.30. The fourth-order valence-corrected chi connectivity index (χ4v) is 4.01. The van der Waals surface area contributed by atoms with Crippen LogP contribution in [-0.2, 0) is 0 Å². The summed E-state index contributed by atoms with van der Waals surface area (Å²) in [6, 6.07) is 22.6. The lowest BCUT2D eigenvalue weighted by atomic mass is 10.1. The zero-order chi connectivity index (χ0) is 26.8. The minimum atomic E-state index is -0.246. The molecule has 0 atom stereocenters. The van der Waals surface area contributed by atoms with Crippen LogP contribution in [0.25, 0.3) is 51.2 Å². The Balaban J connectivity index is 1.57. The number of carbonyl (C=O) groups excluding carboxylic acids is 1. The van der Waals surface area contributed by atoms with E-state index in [1.54, 1.807) is 18.9 Å². The molecule has 0 spiro atoms. The quantitative estimate of drug-likeness (QED) is 0.279. The largest absolute Gasteiger partial charge is 0.497 e. The van der Waals surface area contributed by atoms with Gasteiger partial charge in [0.1, 0.15) is 11.5 Å². The second-order valence-electron chi connectivity index (χ2n) is 8.63. The van der Waals surface area contributed by atoms with Crippen molar-refractivity contribution in [3.8, 4) is 57.1 Å². The Morgan fingerprint density at radius 1 is 0.684 bits per heavy atom. The van der Waals surface area contributed by atoms with Crippen LogP contribution in [0.5, 0.6) is 11.5 Å². The second kappa shape index (κ2) is 10.1. The van der Waals surface area contributed by atoms with Gasteiger partial charge in [-0.05, 0) is 61.5 Å². The summed E-state index contributed by atoms with van der Waals surface area (Å²) >= 11 is 0. The van der Waals surface area contributed by atoms with Crippen molar-refractivity contribution < 1.29 is 14.3 Å². The summed E-state index contributed by atoms with van der Waals surface area (Å²) in [4.78, 5) is 22.0. The van der Waals surface area contributed by atoms with Gasteiger partial charge in [-0.2, -0.15) is 4.68 Å². The van der Waals surface area contributed by atoms with Crippen LogP contribution in [0.15, 0.2) is 79.4 Å². The van der Waals surface area contributed by atoms with Crippen LogP contribution < -0.4 is 9.47 Å². The SMILES string of the molecule is C=C(C)n1nc(-c2ccc(OC)cc2)nc1-c1cccc(-c2nc(-c3ccc(OC)cc3)nn2C(C)=O)c1. The lowest BCUT2D eigenvalue weighted by Gasteiger charge is -2.07. The summed E-state index contributed by atoms with van der Waals surface area (Å²) < 4.78 is 13.5. The van der Waals surface area contributed by atoms with E-state index in [2.05, 4.69) is 16.8 Å². The summed E-state index contributed by atoms with van der Waals surface area (Å²) in [6.45, 7) is 7.40. The van der Waals surface area contributed by atoms with Gasteiger partial charge in [0.25, 0.3) is 0 Å². The fraction of sp³-hybridized carbons (Fsp3) is 0.138. The van der Waals surface area contributed by atoms with E-state index in [0.717, 1.165) is 28.2 Å². The molecule has 0 aliphatic heterocycles. The molecule has 0 unspecified atom stereocenters. The van der Waals surface area contributed by atoms with Crippen LogP contribution in [0, 0.1) is 0 Å². The topological polar surface area (TPSA) is 96.9 Å². The van der Waals surface area contributed by atoms with Gasteiger partial charge < -0.3 is 9.47 Å². The minimum Gasteiger partial charge on any atom is -0.497 e. The van der Waals surface area contributed by atoms with Crippen LogP contribution in [-0.4, -0.2) is 49.7 Å². The van der Waals surface area contributed by atoms with Gasteiger partial charge in [0.05, 0.1) is 14.2 Å². The highest BCUT2D eigenvalue weighted by Gasteiger charge is 2.19. The molecule has 2 heterocycles. The first-order valence-electron chi connectivity index (χ1n) is 11.9. The Morgan fingerprint density at radius 2 is 1.13 bits per heavy atom. The Kier molecular flexibility index (Phi) is 6.57. The van der Waals surface area contributed by atoms with E-state index in [4.69, 9.17) is 19.4 Å². The Bertz CT molecular complexity index is 1510. The minimum absolute atomic E-state index is 0.246. The van der Waals surface area contributed by atoms with Gasteiger partial charge in [-0.1, -0.05) is 24.8 Å². The first kappa shape index (κ1) is 24.6. The van der Waals surface area contributed by atoms with Crippen molar-refractivity contribution in [1.29, 1.82) is 0 Å². The third kappa shape index (κ3) is 4.69. The molecule has 0 N–H and O–H groups in total. The summed E-state index contributed by atoms with van der Waals surface area (Å²) in [5.74, 6) is 3.29. The van der Waals surface area contributed by atoms with Gasteiger partial charge >= 0.3 is 0 Å². The molecule has 38 heavy (non-hydrogen) atoms. The molecule has 0 fully saturated rings. The van der Waals surface area contributed by atoms with Gasteiger partial charge in [0.15, 0.2) is 23.3 Å². The smallest absolute Gasteiger partial charge is 0.245 e. The zero-order valence-corrected chi connectivity index (χ0v) is 21.5. The van der Waals surface area contributed by atoms with E-state index < -0.39 is 0 Å². The monoisotopic (exact) mass is 506 g/mol. The Morgan fingerprint density at radius 3 is 1.55 bits per heavy atom. The molecule has 5 rings (SSSR count). The van der Waals surface area contributed by atoms with Crippen LogP contribution in [0.2, 0.25) is 0 Å². The van der Waals surface area contributed by atoms with Crippen LogP contribution in [0.4, 0.5) is 0 Å². The lowest BCUT2D eigenvalue weighted by molar-refractivity contribution is 0.0923. The number of hydrogen-bond acceptors (Lipinski definition) is 7. The maximum absolute atomic E-state index is 12.5. The van der Waals surface area contributed by atoms with Crippen molar-refractivity contribution in [2.24, 2.45) is 0 Å². The van der Waals surface area contributed by atoms with Gasteiger partial charge in [0.2, 0.25) is 5.91 Å². The molecule has 0 saturated heterocycles. The molecule has 5 aromatic rings. The van der Waals surface area contributed by atoms with E-state index >= 15 is 0 Å². The molecule has 190 valence electrons. The number of nitrogens with zero attached hydrogens (tertiary/aromatic N) is 6. The highest BCUT2D eigenvalue weighted by molar-refractivity contribution is 5.82. The molecule has 0 amide bonds. The van der Waals surface area contributed by atoms with E-state index in [1.165, 1.54) is 11.6 Å². The predicted molar refractivity (Wildman–Crippen MR) is 146 cm³/mol. The van der Waals surface area contributed by atoms with Crippen molar-refractivity contribution >= 4 is 11.6 Å². The first-order chi connectivity index (χ1) is 18.4. The van der Waals surface area contributed by atoms with Crippen LogP contribution in [0.3, 0.4) is 0 Å². The number of hydrogen-bond donors (Lipinski definition) is 0. The molecular weight excluding hydrogens is 480 g/mol. The second-order valence-corrected chi connectivity index (χ2v) is 8.63. The van der Waals surface area contributed by atoms with Crippen molar-refractivity contribution in [1.82, 2.24) is 29.5 Å². The number of ether oxygens (including phenoxy) is 2. The Labute approximate surface area is 220 Å². The maximum Gasteiger partial charge on any atom is 0.245 e. The van der Waals surface area contributed by atoms with Crippen molar-refractivity contribution in [2.45, 2.75) is 13.8 Å². The molecule has 0 radical (unpaired) electrons. The van der Waals surface area contributed by atoms with Crippen molar-refractivity contribution in [2.75, 3.05) is 14.2 Å². The van der Waals surface area contributed by atoms with E-state index in [1.807, 2.05) is 79.7 Å². The van der Waals surface area contributed by atoms with Crippen LogP contribution >= 0.6 is 0 Å². The molecular formula is C29H26N6O3. The number of carbonyl (C=O) groups is 1. The average Bonchev–Trinajstić information content (AvgIpc) is 3.59. The molecule has 0 saturated carbocycles.